The van der Waals surface area contributed by atoms with Crippen LogP contribution in [0.25, 0.3) is 0 Å². The van der Waals surface area contributed by atoms with E-state index in [1.165, 1.54) is 6.08 Å². The zero-order valence-corrected chi connectivity index (χ0v) is 5.32. The molecule has 0 bridgehead atoms. The molecule has 0 aromatic heterocycles. The van der Waals surface area contributed by atoms with Crippen LogP contribution in [0.2, 0.25) is 0 Å². The van der Waals surface area contributed by atoms with E-state index in [9.17, 15) is 4.39 Å². The molecule has 1 heteroatoms. The van der Waals surface area contributed by atoms with E-state index in [2.05, 4.69) is 0 Å². The Morgan fingerprint density at radius 1 is 1.62 bits per heavy atom. The van der Waals surface area contributed by atoms with Gasteiger partial charge in [0.2, 0.25) is 0 Å². The zero-order chi connectivity index (χ0) is 6.41. The fraction of sp³-hybridized carbons (Fsp3) is 0.429. The van der Waals surface area contributed by atoms with E-state index in [1.54, 1.807) is 19.1 Å². The van der Waals surface area contributed by atoms with Crippen LogP contribution in [-0.2, 0) is 0 Å². The van der Waals surface area contributed by atoms with Crippen molar-refractivity contribution in [2.45, 2.75) is 20.3 Å². The fourth-order valence-corrected chi connectivity index (χ4v) is 0.422. The standard InChI is InChI=1S/C7H11F/c1-3-5-7(8)6-4-2/h3,5-6H,4H2,1-2H3. The molecule has 0 nitrogen and oxygen atoms in total. The van der Waals surface area contributed by atoms with E-state index >= 15 is 0 Å². The number of hydrogen-bond acceptors (Lipinski definition) is 0. The fourth-order valence-electron chi connectivity index (χ4n) is 0.422. The Hall–Kier alpha value is -0.590. The number of halogens is 1. The molecule has 0 heterocycles. The maximum atomic E-state index is 12.2. The third kappa shape index (κ3) is 3.59. The minimum Gasteiger partial charge on any atom is -0.207 e. The lowest BCUT2D eigenvalue weighted by molar-refractivity contribution is 0.661. The van der Waals surface area contributed by atoms with Gasteiger partial charge in [-0.25, -0.2) is 4.39 Å². The lowest BCUT2D eigenvalue weighted by Crippen LogP contribution is -1.61. The molecule has 0 aliphatic rings. The van der Waals surface area contributed by atoms with Gasteiger partial charge in [-0.1, -0.05) is 13.0 Å². The van der Waals surface area contributed by atoms with Crippen LogP contribution in [0.1, 0.15) is 20.3 Å². The molecule has 0 atom stereocenters. The second-order valence-corrected chi connectivity index (χ2v) is 1.50. The van der Waals surface area contributed by atoms with E-state index in [1.807, 2.05) is 6.92 Å². The summed E-state index contributed by atoms with van der Waals surface area (Å²) in [5, 5.41) is 0. The molecule has 0 saturated heterocycles. The first-order valence-corrected chi connectivity index (χ1v) is 2.79. The maximum Gasteiger partial charge on any atom is 0.118 e. The summed E-state index contributed by atoms with van der Waals surface area (Å²) in [6, 6.07) is 0. The van der Waals surface area contributed by atoms with Crippen LogP contribution in [-0.4, -0.2) is 0 Å². The van der Waals surface area contributed by atoms with Gasteiger partial charge in [0.05, 0.1) is 0 Å². The molecule has 0 rings (SSSR count). The van der Waals surface area contributed by atoms with Crippen LogP contribution in [0.4, 0.5) is 4.39 Å². The lowest BCUT2D eigenvalue weighted by Gasteiger charge is -1.80. The smallest absolute Gasteiger partial charge is 0.118 e. The molecule has 0 radical (unpaired) electrons. The molecule has 0 unspecified atom stereocenters. The molecule has 0 saturated carbocycles. The summed E-state index contributed by atoms with van der Waals surface area (Å²) < 4.78 is 12.2. The summed E-state index contributed by atoms with van der Waals surface area (Å²) in [4.78, 5) is 0. The largest absolute Gasteiger partial charge is 0.207 e. The van der Waals surface area contributed by atoms with Crippen LogP contribution in [0.15, 0.2) is 24.1 Å². The molecular formula is C7H11F. The predicted molar refractivity (Wildman–Crippen MR) is 34.3 cm³/mol. The third-order valence-corrected chi connectivity index (χ3v) is 0.725. The van der Waals surface area contributed by atoms with E-state index in [4.69, 9.17) is 0 Å². The average Bonchev–Trinajstić information content (AvgIpc) is 1.68. The summed E-state index contributed by atoms with van der Waals surface area (Å²) >= 11 is 0. The van der Waals surface area contributed by atoms with Crippen molar-refractivity contribution in [1.82, 2.24) is 0 Å². The maximum absolute atomic E-state index is 12.2. The van der Waals surface area contributed by atoms with Crippen LogP contribution in [0.5, 0.6) is 0 Å². The number of allylic oxidation sites excluding steroid dienone is 4. The quantitative estimate of drug-likeness (QED) is 0.484. The average molecular weight is 114 g/mol. The van der Waals surface area contributed by atoms with Crippen LogP contribution in [0.3, 0.4) is 0 Å². The Balaban J connectivity index is 3.61. The summed E-state index contributed by atoms with van der Waals surface area (Å²) in [5.74, 6) is -0.144. The van der Waals surface area contributed by atoms with Gasteiger partial charge in [0.25, 0.3) is 0 Å². The highest BCUT2D eigenvalue weighted by molar-refractivity contribution is 5.09. The normalized spacial score (nSPS) is 13.1. The summed E-state index contributed by atoms with van der Waals surface area (Å²) in [6.45, 7) is 3.70. The van der Waals surface area contributed by atoms with Crippen molar-refractivity contribution >= 4 is 0 Å². The first-order valence-electron chi connectivity index (χ1n) is 2.79. The highest BCUT2D eigenvalue weighted by atomic mass is 19.1. The van der Waals surface area contributed by atoms with Gasteiger partial charge in [0.15, 0.2) is 0 Å². The van der Waals surface area contributed by atoms with Gasteiger partial charge in [0.1, 0.15) is 5.83 Å². The molecule has 0 amide bonds. The number of hydrogen-bond donors (Lipinski definition) is 0. The summed E-state index contributed by atoms with van der Waals surface area (Å²) in [5.41, 5.74) is 0. The highest BCUT2D eigenvalue weighted by Crippen LogP contribution is 1.98. The summed E-state index contributed by atoms with van der Waals surface area (Å²) in [6.07, 6.45) is 5.43. The minimum absolute atomic E-state index is 0.144. The molecule has 0 spiro atoms. The Kier molecular flexibility index (Phi) is 4.23. The minimum atomic E-state index is -0.144. The van der Waals surface area contributed by atoms with Gasteiger partial charge in [0, 0.05) is 0 Å². The van der Waals surface area contributed by atoms with Gasteiger partial charge < -0.3 is 0 Å². The Morgan fingerprint density at radius 2 is 2.25 bits per heavy atom. The van der Waals surface area contributed by atoms with Gasteiger partial charge in [-0.2, -0.15) is 0 Å². The monoisotopic (exact) mass is 114 g/mol. The van der Waals surface area contributed by atoms with Crippen LogP contribution < -0.4 is 0 Å². The van der Waals surface area contributed by atoms with Crippen molar-refractivity contribution in [3.63, 3.8) is 0 Å². The van der Waals surface area contributed by atoms with E-state index in [-0.39, 0.29) is 5.83 Å². The molecule has 0 aliphatic heterocycles. The van der Waals surface area contributed by atoms with E-state index < -0.39 is 0 Å². The summed E-state index contributed by atoms with van der Waals surface area (Å²) in [7, 11) is 0. The van der Waals surface area contributed by atoms with Crippen molar-refractivity contribution in [2.24, 2.45) is 0 Å². The Bertz CT molecular complexity index is 101. The molecule has 46 valence electrons. The van der Waals surface area contributed by atoms with Crippen LogP contribution >= 0.6 is 0 Å². The first kappa shape index (κ1) is 7.41. The Labute approximate surface area is 49.7 Å². The molecule has 0 N–H and O–H groups in total. The van der Waals surface area contributed by atoms with Gasteiger partial charge in [-0.3, -0.25) is 0 Å². The van der Waals surface area contributed by atoms with Gasteiger partial charge in [-0.15, -0.1) is 0 Å². The zero-order valence-electron chi connectivity index (χ0n) is 5.32. The Morgan fingerprint density at radius 3 is 2.62 bits per heavy atom. The molecule has 8 heavy (non-hydrogen) atoms. The second kappa shape index (κ2) is 4.57. The van der Waals surface area contributed by atoms with Gasteiger partial charge >= 0.3 is 0 Å². The van der Waals surface area contributed by atoms with E-state index in [0.29, 0.717) is 0 Å². The molecular weight excluding hydrogens is 103 g/mol. The molecule has 0 fully saturated rings. The van der Waals surface area contributed by atoms with Gasteiger partial charge in [-0.05, 0) is 25.5 Å². The lowest BCUT2D eigenvalue weighted by atomic mass is 10.4. The molecule has 0 aromatic carbocycles. The second-order valence-electron chi connectivity index (χ2n) is 1.50. The van der Waals surface area contributed by atoms with Crippen LogP contribution in [0, 0.1) is 0 Å². The predicted octanol–water partition coefficient (Wildman–Crippen LogP) is 2.83. The molecule has 0 aromatic rings. The van der Waals surface area contributed by atoms with Crippen molar-refractivity contribution < 1.29 is 4.39 Å². The van der Waals surface area contributed by atoms with Crippen molar-refractivity contribution in [3.8, 4) is 0 Å². The van der Waals surface area contributed by atoms with Crippen molar-refractivity contribution in [3.05, 3.63) is 24.1 Å². The third-order valence-electron chi connectivity index (χ3n) is 0.725. The molecule has 0 aliphatic carbocycles. The van der Waals surface area contributed by atoms with E-state index in [0.717, 1.165) is 6.42 Å². The SMILES string of the molecule is CC=CC(F)=CCC. The number of rotatable bonds is 2. The van der Waals surface area contributed by atoms with Crippen molar-refractivity contribution in [2.75, 3.05) is 0 Å². The first-order chi connectivity index (χ1) is 3.81. The highest BCUT2D eigenvalue weighted by Gasteiger charge is 1.79. The van der Waals surface area contributed by atoms with Crippen molar-refractivity contribution in [1.29, 1.82) is 0 Å². The topological polar surface area (TPSA) is 0 Å².